The minimum absolute atomic E-state index is 0.000467. The topological polar surface area (TPSA) is 62.3 Å². The number of carbonyl (C=O) groups excluding carboxylic acids is 2. The Morgan fingerprint density at radius 3 is 2.83 bits per heavy atom. The Kier molecular flexibility index (Phi) is 6.56. The van der Waals surface area contributed by atoms with Gasteiger partial charge in [-0.1, -0.05) is 6.07 Å². The Morgan fingerprint density at radius 2 is 2.14 bits per heavy atom. The molecule has 5 nitrogen and oxygen atoms in total. The summed E-state index contributed by atoms with van der Waals surface area (Å²) in [6.07, 6.45) is -1.93. The molecule has 0 bridgehead atoms. The molecular weight excluding hydrogens is 403 g/mol. The van der Waals surface area contributed by atoms with Crippen molar-refractivity contribution in [2.24, 2.45) is 5.92 Å². The minimum atomic E-state index is -4.48. The fraction of sp³-hybridized carbons (Fsp3) is 0.450. The molecule has 156 valence electrons. The number of alkyl halides is 3. The van der Waals surface area contributed by atoms with Gasteiger partial charge in [0.25, 0.3) is 0 Å². The predicted molar refractivity (Wildman–Crippen MR) is 105 cm³/mol. The molecule has 1 saturated heterocycles. The van der Waals surface area contributed by atoms with Gasteiger partial charge in [0.1, 0.15) is 0 Å². The van der Waals surface area contributed by atoms with Gasteiger partial charge in [-0.25, -0.2) is 4.98 Å². The second kappa shape index (κ2) is 8.94. The maximum atomic E-state index is 12.9. The summed E-state index contributed by atoms with van der Waals surface area (Å²) in [4.78, 5) is 30.2. The van der Waals surface area contributed by atoms with Crippen molar-refractivity contribution in [1.82, 2.24) is 10.3 Å². The van der Waals surface area contributed by atoms with E-state index in [0.717, 1.165) is 42.1 Å². The van der Waals surface area contributed by atoms with E-state index in [4.69, 9.17) is 0 Å². The monoisotopic (exact) mass is 425 g/mol. The van der Waals surface area contributed by atoms with Crippen LogP contribution in [0.5, 0.6) is 0 Å². The number of unbranched alkanes of at least 4 members (excludes halogenated alkanes) is 1. The largest absolute Gasteiger partial charge is 0.416 e. The van der Waals surface area contributed by atoms with Gasteiger partial charge in [-0.05, 0) is 44.4 Å². The zero-order chi connectivity index (χ0) is 21.0. The second-order valence-corrected chi connectivity index (χ2v) is 8.03. The summed E-state index contributed by atoms with van der Waals surface area (Å²) >= 11 is 1.62. The van der Waals surface area contributed by atoms with Crippen LogP contribution >= 0.6 is 11.3 Å². The Balaban J connectivity index is 1.47. The number of hydrogen-bond donors (Lipinski definition) is 1. The molecule has 1 aliphatic heterocycles. The summed E-state index contributed by atoms with van der Waals surface area (Å²) in [5.41, 5.74) is 0.361. The lowest BCUT2D eigenvalue weighted by molar-refractivity contribution is -0.137. The molecule has 1 aliphatic rings. The highest BCUT2D eigenvalue weighted by Crippen LogP contribution is 2.33. The Bertz CT molecular complexity index is 882. The van der Waals surface area contributed by atoms with Crippen molar-refractivity contribution in [1.29, 1.82) is 0 Å². The van der Waals surface area contributed by atoms with Crippen molar-refractivity contribution in [3.05, 3.63) is 45.9 Å². The molecule has 2 amide bonds. The fourth-order valence-electron chi connectivity index (χ4n) is 3.26. The standard InChI is InChI=1S/C20H22F3N3O2S/c1-13-12-29-17(25-13)7-2-3-8-24-19(28)14-9-18(27)26(11-14)16-6-4-5-15(10-16)20(21,22)23/h4-6,10,12,14H,2-3,7-9,11H2,1H3,(H,24,28). The van der Waals surface area contributed by atoms with Gasteiger partial charge in [0.2, 0.25) is 11.8 Å². The molecule has 1 fully saturated rings. The molecule has 3 rings (SSSR count). The number of halogens is 3. The first-order valence-electron chi connectivity index (χ1n) is 9.40. The highest BCUT2D eigenvalue weighted by molar-refractivity contribution is 7.09. The number of nitrogens with zero attached hydrogens (tertiary/aromatic N) is 2. The molecule has 29 heavy (non-hydrogen) atoms. The van der Waals surface area contributed by atoms with E-state index < -0.39 is 17.7 Å². The molecule has 0 saturated carbocycles. The molecule has 0 radical (unpaired) electrons. The zero-order valence-corrected chi connectivity index (χ0v) is 16.8. The van der Waals surface area contributed by atoms with E-state index in [2.05, 4.69) is 10.3 Å². The number of amides is 2. The van der Waals surface area contributed by atoms with Crippen LogP contribution < -0.4 is 10.2 Å². The van der Waals surface area contributed by atoms with Crippen LogP contribution in [0.2, 0.25) is 0 Å². The van der Waals surface area contributed by atoms with Crippen molar-refractivity contribution in [3.8, 4) is 0 Å². The van der Waals surface area contributed by atoms with Crippen molar-refractivity contribution in [3.63, 3.8) is 0 Å². The lowest BCUT2D eigenvalue weighted by Gasteiger charge is -2.18. The number of rotatable bonds is 7. The summed E-state index contributed by atoms with van der Waals surface area (Å²) < 4.78 is 38.7. The fourth-order valence-corrected chi connectivity index (χ4v) is 4.08. The van der Waals surface area contributed by atoms with Gasteiger partial charge in [-0.3, -0.25) is 9.59 Å². The third-order valence-corrected chi connectivity index (χ3v) is 5.79. The van der Waals surface area contributed by atoms with Crippen molar-refractivity contribution >= 4 is 28.8 Å². The first-order valence-corrected chi connectivity index (χ1v) is 10.3. The first-order chi connectivity index (χ1) is 13.7. The molecule has 1 N–H and O–H groups in total. The van der Waals surface area contributed by atoms with Crippen LogP contribution in [-0.2, 0) is 22.2 Å². The number of carbonyl (C=O) groups is 2. The lowest BCUT2D eigenvalue weighted by atomic mass is 10.1. The number of thiazole rings is 1. The van der Waals surface area contributed by atoms with Crippen LogP contribution in [0.15, 0.2) is 29.6 Å². The van der Waals surface area contributed by atoms with Gasteiger partial charge in [-0.2, -0.15) is 13.2 Å². The van der Waals surface area contributed by atoms with Crippen LogP contribution in [0.1, 0.15) is 35.5 Å². The molecule has 1 unspecified atom stereocenters. The SMILES string of the molecule is Cc1csc(CCCCNC(=O)C2CC(=O)N(c3cccc(C(F)(F)F)c3)C2)n1. The summed E-state index contributed by atoms with van der Waals surface area (Å²) in [6.45, 7) is 2.54. The number of benzene rings is 1. The molecule has 1 aromatic carbocycles. The Labute approximate surface area is 170 Å². The highest BCUT2D eigenvalue weighted by atomic mass is 32.1. The molecule has 0 aliphatic carbocycles. The molecule has 9 heteroatoms. The van der Waals surface area contributed by atoms with Crippen LogP contribution in [-0.4, -0.2) is 29.9 Å². The maximum Gasteiger partial charge on any atom is 0.416 e. The summed E-state index contributed by atoms with van der Waals surface area (Å²) in [5, 5.41) is 5.91. The number of aryl methyl sites for hydroxylation is 2. The van der Waals surface area contributed by atoms with E-state index in [0.29, 0.717) is 6.54 Å². The molecule has 2 aromatic rings. The van der Waals surface area contributed by atoms with Crippen LogP contribution in [0.4, 0.5) is 18.9 Å². The summed E-state index contributed by atoms with van der Waals surface area (Å²) in [5.74, 6) is -1.14. The third kappa shape index (κ3) is 5.56. The van der Waals surface area contributed by atoms with E-state index in [1.165, 1.54) is 17.0 Å². The number of nitrogens with one attached hydrogen (secondary N) is 1. The van der Waals surface area contributed by atoms with Gasteiger partial charge in [0.15, 0.2) is 0 Å². The average Bonchev–Trinajstić information content (AvgIpc) is 3.26. The zero-order valence-electron chi connectivity index (χ0n) is 16.0. The van der Waals surface area contributed by atoms with Crippen molar-refractivity contribution in [2.75, 3.05) is 18.0 Å². The van der Waals surface area contributed by atoms with Crippen molar-refractivity contribution in [2.45, 2.75) is 38.8 Å². The smallest absolute Gasteiger partial charge is 0.356 e. The normalized spacial score (nSPS) is 17.0. The van der Waals surface area contributed by atoms with E-state index in [-0.39, 0.29) is 30.5 Å². The summed E-state index contributed by atoms with van der Waals surface area (Å²) in [6, 6.07) is 4.62. The van der Waals surface area contributed by atoms with E-state index in [1.54, 1.807) is 11.3 Å². The number of hydrogen-bond acceptors (Lipinski definition) is 4. The third-order valence-electron chi connectivity index (χ3n) is 4.76. The van der Waals surface area contributed by atoms with Gasteiger partial charge in [0, 0.05) is 36.3 Å². The van der Waals surface area contributed by atoms with Gasteiger partial charge in [0.05, 0.1) is 16.5 Å². The lowest BCUT2D eigenvalue weighted by Crippen LogP contribution is -2.33. The van der Waals surface area contributed by atoms with Gasteiger partial charge in [-0.15, -0.1) is 11.3 Å². The van der Waals surface area contributed by atoms with E-state index in [1.807, 2.05) is 12.3 Å². The van der Waals surface area contributed by atoms with Crippen LogP contribution in [0.25, 0.3) is 0 Å². The Morgan fingerprint density at radius 1 is 1.34 bits per heavy atom. The predicted octanol–water partition coefficient (Wildman–Crippen LogP) is 3.96. The number of anilines is 1. The first kappa shape index (κ1) is 21.3. The highest BCUT2D eigenvalue weighted by Gasteiger charge is 2.36. The average molecular weight is 425 g/mol. The van der Waals surface area contributed by atoms with Crippen LogP contribution in [0.3, 0.4) is 0 Å². The van der Waals surface area contributed by atoms with E-state index in [9.17, 15) is 22.8 Å². The number of aromatic nitrogens is 1. The van der Waals surface area contributed by atoms with Gasteiger partial charge < -0.3 is 10.2 Å². The van der Waals surface area contributed by atoms with Gasteiger partial charge >= 0.3 is 6.18 Å². The Hall–Kier alpha value is -2.42. The molecular formula is C20H22F3N3O2S. The van der Waals surface area contributed by atoms with Crippen LogP contribution in [0, 0.1) is 12.8 Å². The van der Waals surface area contributed by atoms with E-state index >= 15 is 0 Å². The summed E-state index contributed by atoms with van der Waals surface area (Å²) in [7, 11) is 0. The molecule has 1 atom stereocenters. The maximum absolute atomic E-state index is 12.9. The second-order valence-electron chi connectivity index (χ2n) is 7.08. The molecule has 1 aromatic heterocycles. The minimum Gasteiger partial charge on any atom is -0.356 e. The molecule has 0 spiro atoms. The molecule has 2 heterocycles. The quantitative estimate of drug-likeness (QED) is 0.683. The van der Waals surface area contributed by atoms with Crippen molar-refractivity contribution < 1.29 is 22.8 Å².